The molecule has 3 rings (SSSR count). The summed E-state index contributed by atoms with van der Waals surface area (Å²) in [5.74, 6) is -1.27. The van der Waals surface area contributed by atoms with Gasteiger partial charge in [-0.15, -0.1) is 0 Å². The molecule has 1 amide bonds. The maximum atomic E-state index is 13.7. The summed E-state index contributed by atoms with van der Waals surface area (Å²) in [5.41, 5.74) is 1.88. The molecule has 0 unspecified atom stereocenters. The molecular weight excluding hydrogens is 296 g/mol. The SMILES string of the molecule is O=C(Nc1ccccc1F)c1ccccc1-c1ccc(F)cc1. The number of benzene rings is 3. The third-order valence-electron chi connectivity index (χ3n) is 3.45. The van der Waals surface area contributed by atoms with Crippen LogP contribution in [0, 0.1) is 11.6 Å². The summed E-state index contributed by atoms with van der Waals surface area (Å²) in [7, 11) is 0. The number of halogens is 2. The van der Waals surface area contributed by atoms with Gasteiger partial charge in [0.15, 0.2) is 0 Å². The van der Waals surface area contributed by atoms with E-state index in [1.54, 1.807) is 48.5 Å². The minimum absolute atomic E-state index is 0.117. The number of carbonyl (C=O) groups excluding carboxylic acids is 1. The van der Waals surface area contributed by atoms with E-state index in [1.165, 1.54) is 24.3 Å². The van der Waals surface area contributed by atoms with Crippen LogP contribution in [0.15, 0.2) is 72.8 Å². The van der Waals surface area contributed by atoms with Gasteiger partial charge in [0.1, 0.15) is 11.6 Å². The first-order valence-electron chi connectivity index (χ1n) is 7.06. The summed E-state index contributed by atoms with van der Waals surface area (Å²) in [4.78, 5) is 12.5. The van der Waals surface area contributed by atoms with Crippen molar-refractivity contribution in [2.45, 2.75) is 0 Å². The lowest BCUT2D eigenvalue weighted by atomic mass is 9.99. The van der Waals surface area contributed by atoms with Gasteiger partial charge in [-0.1, -0.05) is 42.5 Å². The Kier molecular flexibility index (Phi) is 4.15. The third kappa shape index (κ3) is 3.26. The lowest BCUT2D eigenvalue weighted by Crippen LogP contribution is -2.14. The Morgan fingerprint density at radius 3 is 2.17 bits per heavy atom. The molecule has 0 fully saturated rings. The fourth-order valence-electron chi connectivity index (χ4n) is 2.31. The summed E-state index contributed by atoms with van der Waals surface area (Å²) in [5, 5.41) is 2.56. The first-order chi connectivity index (χ1) is 11.1. The molecule has 0 saturated carbocycles. The van der Waals surface area contributed by atoms with Crippen LogP contribution in [0.25, 0.3) is 11.1 Å². The van der Waals surface area contributed by atoms with Crippen LogP contribution < -0.4 is 5.32 Å². The Hall–Kier alpha value is -3.01. The normalized spacial score (nSPS) is 10.3. The Morgan fingerprint density at radius 1 is 0.783 bits per heavy atom. The molecule has 1 N–H and O–H groups in total. The van der Waals surface area contributed by atoms with Gasteiger partial charge in [0.05, 0.1) is 5.69 Å². The summed E-state index contributed by atoms with van der Waals surface area (Å²) in [6.45, 7) is 0. The number of hydrogen-bond acceptors (Lipinski definition) is 1. The van der Waals surface area contributed by atoms with Crippen molar-refractivity contribution < 1.29 is 13.6 Å². The van der Waals surface area contributed by atoms with Gasteiger partial charge in [-0.2, -0.15) is 0 Å². The van der Waals surface area contributed by atoms with Gasteiger partial charge >= 0.3 is 0 Å². The van der Waals surface area contributed by atoms with E-state index in [9.17, 15) is 13.6 Å². The van der Waals surface area contributed by atoms with E-state index in [2.05, 4.69) is 5.32 Å². The van der Waals surface area contributed by atoms with Crippen molar-refractivity contribution in [3.05, 3.63) is 90.0 Å². The lowest BCUT2D eigenvalue weighted by molar-refractivity contribution is 0.102. The van der Waals surface area contributed by atoms with Crippen molar-refractivity contribution in [3.63, 3.8) is 0 Å². The molecule has 3 aromatic rings. The molecule has 0 bridgehead atoms. The molecule has 0 atom stereocenters. The van der Waals surface area contributed by atoms with Gasteiger partial charge < -0.3 is 5.32 Å². The highest BCUT2D eigenvalue weighted by molar-refractivity contribution is 6.08. The van der Waals surface area contributed by atoms with Crippen LogP contribution >= 0.6 is 0 Å². The zero-order valence-electron chi connectivity index (χ0n) is 12.1. The molecular formula is C19H13F2NO. The maximum absolute atomic E-state index is 13.7. The van der Waals surface area contributed by atoms with Crippen molar-refractivity contribution in [1.82, 2.24) is 0 Å². The van der Waals surface area contributed by atoms with E-state index in [0.29, 0.717) is 16.7 Å². The molecule has 4 heteroatoms. The number of anilines is 1. The average molecular weight is 309 g/mol. The topological polar surface area (TPSA) is 29.1 Å². The Labute approximate surface area is 132 Å². The molecule has 114 valence electrons. The summed E-state index contributed by atoms with van der Waals surface area (Å²) >= 11 is 0. The number of amides is 1. The first-order valence-corrected chi connectivity index (χ1v) is 7.06. The highest BCUT2D eigenvalue weighted by atomic mass is 19.1. The van der Waals surface area contributed by atoms with E-state index in [4.69, 9.17) is 0 Å². The molecule has 0 aliphatic heterocycles. The second kappa shape index (κ2) is 6.40. The zero-order valence-corrected chi connectivity index (χ0v) is 12.1. The van der Waals surface area contributed by atoms with E-state index in [0.717, 1.165) is 0 Å². The summed E-state index contributed by atoms with van der Waals surface area (Å²) in [6, 6.07) is 18.8. The number of hydrogen-bond donors (Lipinski definition) is 1. The second-order valence-corrected chi connectivity index (χ2v) is 4.99. The van der Waals surface area contributed by atoms with E-state index in [-0.39, 0.29) is 11.5 Å². The van der Waals surface area contributed by atoms with Gasteiger partial charge in [0, 0.05) is 5.56 Å². The standard InChI is InChI=1S/C19H13F2NO/c20-14-11-9-13(10-12-14)15-5-1-2-6-16(15)19(23)22-18-8-4-3-7-17(18)21/h1-12H,(H,22,23). The van der Waals surface area contributed by atoms with Crippen LogP contribution in [0.1, 0.15) is 10.4 Å². The number of nitrogens with one attached hydrogen (secondary N) is 1. The van der Waals surface area contributed by atoms with Gasteiger partial charge in [-0.3, -0.25) is 4.79 Å². The van der Waals surface area contributed by atoms with Crippen LogP contribution in [0.5, 0.6) is 0 Å². The van der Waals surface area contributed by atoms with E-state index < -0.39 is 11.7 Å². The zero-order chi connectivity index (χ0) is 16.2. The van der Waals surface area contributed by atoms with Gasteiger partial charge in [0.2, 0.25) is 0 Å². The minimum atomic E-state index is -0.500. The van der Waals surface area contributed by atoms with Crippen molar-refractivity contribution in [1.29, 1.82) is 0 Å². The second-order valence-electron chi connectivity index (χ2n) is 4.99. The lowest BCUT2D eigenvalue weighted by Gasteiger charge is -2.11. The first kappa shape index (κ1) is 14.9. The molecule has 0 radical (unpaired) electrons. The maximum Gasteiger partial charge on any atom is 0.256 e. The largest absolute Gasteiger partial charge is 0.319 e. The van der Waals surface area contributed by atoms with Crippen molar-refractivity contribution in [3.8, 4) is 11.1 Å². The predicted molar refractivity (Wildman–Crippen MR) is 86.2 cm³/mol. The Balaban J connectivity index is 1.95. The molecule has 0 aromatic heterocycles. The number of carbonyl (C=O) groups is 1. The molecule has 0 aliphatic carbocycles. The van der Waals surface area contributed by atoms with Crippen LogP contribution in [-0.4, -0.2) is 5.91 Å². The monoisotopic (exact) mass is 309 g/mol. The van der Waals surface area contributed by atoms with Crippen molar-refractivity contribution in [2.75, 3.05) is 5.32 Å². The van der Waals surface area contributed by atoms with Crippen LogP contribution in [0.4, 0.5) is 14.5 Å². The number of rotatable bonds is 3. The Morgan fingerprint density at radius 2 is 1.43 bits per heavy atom. The highest BCUT2D eigenvalue weighted by Crippen LogP contribution is 2.25. The summed E-state index contributed by atoms with van der Waals surface area (Å²) in [6.07, 6.45) is 0. The van der Waals surface area contributed by atoms with Crippen LogP contribution in [0.3, 0.4) is 0 Å². The Bertz CT molecular complexity index is 844. The van der Waals surface area contributed by atoms with Crippen LogP contribution in [-0.2, 0) is 0 Å². The molecule has 23 heavy (non-hydrogen) atoms. The number of para-hydroxylation sites is 1. The van der Waals surface area contributed by atoms with E-state index >= 15 is 0 Å². The molecule has 0 saturated heterocycles. The van der Waals surface area contributed by atoms with Crippen LogP contribution in [0.2, 0.25) is 0 Å². The van der Waals surface area contributed by atoms with Gasteiger partial charge in [-0.05, 0) is 41.5 Å². The minimum Gasteiger partial charge on any atom is -0.319 e. The third-order valence-corrected chi connectivity index (χ3v) is 3.45. The molecule has 3 aromatic carbocycles. The predicted octanol–water partition coefficient (Wildman–Crippen LogP) is 4.88. The molecule has 0 spiro atoms. The van der Waals surface area contributed by atoms with Gasteiger partial charge in [-0.25, -0.2) is 8.78 Å². The summed E-state index contributed by atoms with van der Waals surface area (Å²) < 4.78 is 26.7. The molecule has 2 nitrogen and oxygen atoms in total. The average Bonchev–Trinajstić information content (AvgIpc) is 2.58. The fourth-order valence-corrected chi connectivity index (χ4v) is 2.31. The smallest absolute Gasteiger partial charge is 0.256 e. The van der Waals surface area contributed by atoms with Crippen molar-refractivity contribution >= 4 is 11.6 Å². The highest BCUT2D eigenvalue weighted by Gasteiger charge is 2.14. The molecule has 0 heterocycles. The quantitative estimate of drug-likeness (QED) is 0.733. The fraction of sp³-hybridized carbons (Fsp3) is 0. The van der Waals surface area contributed by atoms with E-state index in [1.807, 2.05) is 0 Å². The van der Waals surface area contributed by atoms with Crippen molar-refractivity contribution in [2.24, 2.45) is 0 Å². The molecule has 0 aliphatic rings. The van der Waals surface area contributed by atoms with Gasteiger partial charge in [0.25, 0.3) is 5.91 Å².